The average molecular weight is 326 g/mol. The minimum atomic E-state index is -0.332. The highest BCUT2D eigenvalue weighted by molar-refractivity contribution is 6.06. The molecule has 0 atom stereocenters. The molecule has 1 saturated heterocycles. The third-order valence-corrected chi connectivity index (χ3v) is 5.12. The number of carbonyl (C=O) groups is 1. The van der Waals surface area contributed by atoms with Gasteiger partial charge in [-0.1, -0.05) is 12.1 Å². The SMILES string of the molecule is O=C(NCC1CCC2(CC1)OCCO2)c1cccc2ncccc12. The number of rotatable bonds is 3. The Balaban J connectivity index is 1.37. The van der Waals surface area contributed by atoms with Crippen molar-refractivity contribution < 1.29 is 14.3 Å². The van der Waals surface area contributed by atoms with E-state index < -0.39 is 0 Å². The van der Waals surface area contributed by atoms with Gasteiger partial charge in [0.1, 0.15) is 0 Å². The molecule has 1 amide bonds. The molecule has 2 aliphatic rings. The van der Waals surface area contributed by atoms with Crippen molar-refractivity contribution in [3.8, 4) is 0 Å². The predicted molar refractivity (Wildman–Crippen MR) is 90.7 cm³/mol. The highest BCUT2D eigenvalue weighted by atomic mass is 16.7. The predicted octanol–water partition coefficient (Wildman–Crippen LogP) is 2.90. The third-order valence-electron chi connectivity index (χ3n) is 5.12. The lowest BCUT2D eigenvalue weighted by Gasteiger charge is -2.35. The van der Waals surface area contributed by atoms with Crippen LogP contribution in [0.3, 0.4) is 0 Å². The van der Waals surface area contributed by atoms with E-state index in [0.29, 0.717) is 31.2 Å². The van der Waals surface area contributed by atoms with Crippen LogP contribution in [0, 0.1) is 5.92 Å². The second-order valence-corrected chi connectivity index (χ2v) is 6.64. The van der Waals surface area contributed by atoms with Crippen LogP contribution < -0.4 is 5.32 Å². The van der Waals surface area contributed by atoms with E-state index in [1.54, 1.807) is 6.20 Å². The summed E-state index contributed by atoms with van der Waals surface area (Å²) >= 11 is 0. The zero-order valence-corrected chi connectivity index (χ0v) is 13.7. The Morgan fingerprint density at radius 3 is 2.75 bits per heavy atom. The lowest BCUT2D eigenvalue weighted by molar-refractivity contribution is -0.182. The molecular formula is C19H22N2O3. The van der Waals surface area contributed by atoms with E-state index >= 15 is 0 Å². The van der Waals surface area contributed by atoms with Crippen molar-refractivity contribution in [2.75, 3.05) is 19.8 Å². The second kappa shape index (κ2) is 6.49. The van der Waals surface area contributed by atoms with Gasteiger partial charge in [-0.3, -0.25) is 9.78 Å². The molecule has 1 aliphatic carbocycles. The van der Waals surface area contributed by atoms with Crippen LogP contribution >= 0.6 is 0 Å². The van der Waals surface area contributed by atoms with Crippen molar-refractivity contribution in [3.63, 3.8) is 0 Å². The second-order valence-electron chi connectivity index (χ2n) is 6.64. The molecule has 0 radical (unpaired) electrons. The van der Waals surface area contributed by atoms with Crippen LogP contribution in [-0.2, 0) is 9.47 Å². The minimum absolute atomic E-state index is 0.0257. The molecular weight excluding hydrogens is 304 g/mol. The maximum atomic E-state index is 12.6. The fraction of sp³-hybridized carbons (Fsp3) is 0.474. The number of nitrogens with zero attached hydrogens (tertiary/aromatic N) is 1. The van der Waals surface area contributed by atoms with Gasteiger partial charge in [0.2, 0.25) is 0 Å². The van der Waals surface area contributed by atoms with Gasteiger partial charge in [0.15, 0.2) is 5.79 Å². The first-order chi connectivity index (χ1) is 11.8. The first kappa shape index (κ1) is 15.5. The Morgan fingerprint density at radius 1 is 1.17 bits per heavy atom. The molecule has 4 rings (SSSR count). The van der Waals surface area contributed by atoms with Crippen LogP contribution in [0.1, 0.15) is 36.0 Å². The molecule has 1 N–H and O–H groups in total. The van der Waals surface area contributed by atoms with Crippen LogP contribution in [-0.4, -0.2) is 36.4 Å². The smallest absolute Gasteiger partial charge is 0.251 e. The normalized spacial score (nSPS) is 20.5. The number of hydrogen-bond acceptors (Lipinski definition) is 4. The van der Waals surface area contributed by atoms with Crippen LogP contribution in [0.15, 0.2) is 36.5 Å². The van der Waals surface area contributed by atoms with E-state index in [2.05, 4.69) is 10.3 Å². The summed E-state index contributed by atoms with van der Waals surface area (Å²) in [6, 6.07) is 9.46. The van der Waals surface area contributed by atoms with Gasteiger partial charge >= 0.3 is 0 Å². The zero-order valence-electron chi connectivity index (χ0n) is 13.7. The molecule has 2 aromatic rings. The van der Waals surface area contributed by atoms with Crippen molar-refractivity contribution >= 4 is 16.8 Å². The molecule has 5 heteroatoms. The van der Waals surface area contributed by atoms with Crippen molar-refractivity contribution in [1.29, 1.82) is 0 Å². The minimum Gasteiger partial charge on any atom is -0.352 e. The molecule has 1 aliphatic heterocycles. The molecule has 1 spiro atoms. The first-order valence-electron chi connectivity index (χ1n) is 8.66. The molecule has 126 valence electrons. The summed E-state index contributed by atoms with van der Waals surface area (Å²) in [5, 5.41) is 3.99. The number of benzene rings is 1. The van der Waals surface area contributed by atoms with E-state index in [-0.39, 0.29) is 11.7 Å². The maximum absolute atomic E-state index is 12.6. The Hall–Kier alpha value is -1.98. The van der Waals surface area contributed by atoms with Gasteiger partial charge in [-0.25, -0.2) is 0 Å². The Morgan fingerprint density at radius 2 is 1.96 bits per heavy atom. The van der Waals surface area contributed by atoms with E-state index in [1.807, 2.05) is 30.3 Å². The van der Waals surface area contributed by atoms with Crippen LogP contribution in [0.4, 0.5) is 0 Å². The third kappa shape index (κ3) is 3.01. The van der Waals surface area contributed by atoms with Gasteiger partial charge in [-0.2, -0.15) is 0 Å². The number of aromatic nitrogens is 1. The summed E-state index contributed by atoms with van der Waals surface area (Å²) in [4.78, 5) is 16.9. The quantitative estimate of drug-likeness (QED) is 0.942. The number of ether oxygens (including phenoxy) is 2. The van der Waals surface area contributed by atoms with Gasteiger partial charge in [0.05, 0.1) is 18.7 Å². The van der Waals surface area contributed by atoms with Crippen LogP contribution in [0.5, 0.6) is 0 Å². The highest BCUT2D eigenvalue weighted by Gasteiger charge is 2.40. The fourth-order valence-corrected chi connectivity index (χ4v) is 3.74. The molecule has 0 bridgehead atoms. The number of pyridine rings is 1. The topological polar surface area (TPSA) is 60.5 Å². The van der Waals surface area contributed by atoms with Crippen molar-refractivity contribution in [2.24, 2.45) is 5.92 Å². The lowest BCUT2D eigenvalue weighted by atomic mass is 9.85. The molecule has 2 heterocycles. The monoisotopic (exact) mass is 326 g/mol. The summed E-state index contributed by atoms with van der Waals surface area (Å²) in [6.45, 7) is 2.11. The number of nitrogens with one attached hydrogen (secondary N) is 1. The van der Waals surface area contributed by atoms with Crippen LogP contribution in [0.2, 0.25) is 0 Å². The van der Waals surface area contributed by atoms with Gasteiger partial charge in [0.25, 0.3) is 5.91 Å². The van der Waals surface area contributed by atoms with Crippen LogP contribution in [0.25, 0.3) is 10.9 Å². The lowest BCUT2D eigenvalue weighted by Crippen LogP contribution is -2.38. The Labute approximate surface area is 141 Å². The highest BCUT2D eigenvalue weighted by Crippen LogP contribution is 2.38. The van der Waals surface area contributed by atoms with Crippen molar-refractivity contribution in [3.05, 3.63) is 42.1 Å². The molecule has 2 fully saturated rings. The molecule has 5 nitrogen and oxygen atoms in total. The summed E-state index contributed by atoms with van der Waals surface area (Å²) in [5.41, 5.74) is 1.54. The molecule has 1 saturated carbocycles. The standard InChI is InChI=1S/C19H22N2O3/c22-18(16-3-1-5-17-15(16)4-2-10-20-17)21-13-14-6-8-19(9-7-14)23-11-12-24-19/h1-5,10,14H,6-9,11-13H2,(H,21,22). The summed E-state index contributed by atoms with van der Waals surface area (Å²) in [6.07, 6.45) is 5.64. The van der Waals surface area contributed by atoms with E-state index in [4.69, 9.17) is 9.47 Å². The van der Waals surface area contributed by atoms with E-state index in [1.165, 1.54) is 0 Å². The summed E-state index contributed by atoms with van der Waals surface area (Å²) < 4.78 is 11.5. The van der Waals surface area contributed by atoms with Gasteiger partial charge < -0.3 is 14.8 Å². The largest absolute Gasteiger partial charge is 0.352 e. The molecule has 0 unspecified atom stereocenters. The van der Waals surface area contributed by atoms with E-state index in [9.17, 15) is 4.79 Å². The fourth-order valence-electron chi connectivity index (χ4n) is 3.74. The van der Waals surface area contributed by atoms with Gasteiger partial charge in [-0.15, -0.1) is 0 Å². The summed E-state index contributed by atoms with van der Waals surface area (Å²) in [7, 11) is 0. The maximum Gasteiger partial charge on any atom is 0.251 e. The number of fused-ring (bicyclic) bond motifs is 1. The van der Waals surface area contributed by atoms with Crippen molar-refractivity contribution in [2.45, 2.75) is 31.5 Å². The Kier molecular flexibility index (Phi) is 4.21. The molecule has 24 heavy (non-hydrogen) atoms. The number of carbonyl (C=O) groups excluding carboxylic acids is 1. The van der Waals surface area contributed by atoms with Crippen molar-refractivity contribution in [1.82, 2.24) is 10.3 Å². The average Bonchev–Trinajstić information content (AvgIpc) is 3.09. The summed E-state index contributed by atoms with van der Waals surface area (Å²) in [5.74, 6) is 0.129. The Bertz CT molecular complexity index is 725. The van der Waals surface area contributed by atoms with Gasteiger partial charge in [0, 0.05) is 36.5 Å². The zero-order chi connectivity index (χ0) is 16.4. The molecule has 1 aromatic carbocycles. The van der Waals surface area contributed by atoms with Gasteiger partial charge in [-0.05, 0) is 37.0 Å². The number of hydrogen-bond donors (Lipinski definition) is 1. The molecule has 1 aromatic heterocycles. The number of amides is 1. The van der Waals surface area contributed by atoms with E-state index in [0.717, 1.165) is 36.6 Å². The first-order valence-corrected chi connectivity index (χ1v) is 8.66.